The first-order valence-corrected chi connectivity index (χ1v) is 12.2. The fraction of sp³-hybridized carbons (Fsp3) is 0.345. The Morgan fingerprint density at radius 1 is 0.914 bits per heavy atom. The highest BCUT2D eigenvalue weighted by Gasteiger charge is 2.54. The molecule has 0 aliphatic carbocycles. The van der Waals surface area contributed by atoms with Gasteiger partial charge in [0, 0.05) is 24.8 Å². The average Bonchev–Trinajstić information content (AvgIpc) is 2.90. The highest BCUT2D eigenvalue weighted by molar-refractivity contribution is 5.85. The van der Waals surface area contributed by atoms with Crippen molar-refractivity contribution >= 4 is 5.97 Å². The third kappa shape index (κ3) is 4.15. The minimum absolute atomic E-state index is 0.111. The van der Waals surface area contributed by atoms with Gasteiger partial charge >= 0.3 is 5.97 Å². The fourth-order valence-electron chi connectivity index (χ4n) is 5.93. The van der Waals surface area contributed by atoms with Gasteiger partial charge in [-0.15, -0.1) is 0 Å². The molecule has 3 aromatic carbocycles. The number of rotatable bonds is 6. The summed E-state index contributed by atoms with van der Waals surface area (Å²) in [7, 11) is 0. The Balaban J connectivity index is 1.51. The maximum Gasteiger partial charge on any atom is 0.352 e. The van der Waals surface area contributed by atoms with Crippen molar-refractivity contribution in [3.63, 3.8) is 0 Å². The zero-order valence-corrected chi connectivity index (χ0v) is 19.7. The van der Waals surface area contributed by atoms with Crippen molar-refractivity contribution in [3.8, 4) is 0 Å². The van der Waals surface area contributed by atoms with E-state index in [1.165, 1.54) is 54.1 Å². The van der Waals surface area contributed by atoms with Crippen LogP contribution in [0.4, 0.5) is 8.78 Å². The van der Waals surface area contributed by atoms with Gasteiger partial charge in [0.1, 0.15) is 17.7 Å². The molecule has 6 heteroatoms. The van der Waals surface area contributed by atoms with Gasteiger partial charge in [-0.1, -0.05) is 54.6 Å². The summed E-state index contributed by atoms with van der Waals surface area (Å²) in [5.41, 5.74) is -0.663. The van der Waals surface area contributed by atoms with Crippen molar-refractivity contribution in [2.24, 2.45) is 5.92 Å². The van der Waals surface area contributed by atoms with Gasteiger partial charge in [0.2, 0.25) is 11.8 Å². The number of quaternary nitrogens is 1. The molecule has 6 rings (SSSR count). The molecule has 0 saturated carbocycles. The molecule has 0 aromatic heterocycles. The molecule has 4 nitrogen and oxygen atoms in total. The Kier molecular flexibility index (Phi) is 6.20. The normalized spacial score (nSPS) is 24.7. The molecule has 0 radical (unpaired) electrons. The topological polar surface area (TPSA) is 46.5 Å². The lowest BCUT2D eigenvalue weighted by Crippen LogP contribution is -2.66. The summed E-state index contributed by atoms with van der Waals surface area (Å²) < 4.78 is 34.1. The minimum atomic E-state index is -2.20. The largest absolute Gasteiger partial charge is 0.410 e. The first kappa shape index (κ1) is 23.6. The van der Waals surface area contributed by atoms with Crippen LogP contribution in [0.5, 0.6) is 0 Å². The number of hydrogen-bond donors (Lipinski definition) is 1. The third-order valence-electron chi connectivity index (χ3n) is 8.13. The molecule has 0 amide bonds. The maximum absolute atomic E-state index is 13.8. The smallest absolute Gasteiger partial charge is 0.352 e. The van der Waals surface area contributed by atoms with E-state index in [4.69, 9.17) is 4.74 Å². The molecule has 35 heavy (non-hydrogen) atoms. The van der Waals surface area contributed by atoms with E-state index in [1.807, 2.05) is 18.2 Å². The van der Waals surface area contributed by atoms with E-state index in [0.717, 1.165) is 32.4 Å². The van der Waals surface area contributed by atoms with Crippen LogP contribution in [0.15, 0.2) is 78.9 Å². The van der Waals surface area contributed by atoms with Crippen molar-refractivity contribution in [2.45, 2.75) is 44.1 Å². The Morgan fingerprint density at radius 2 is 1.43 bits per heavy atom. The Bertz CT molecular complexity index is 1130. The number of carbonyl (C=O) groups excluding carboxylic acids is 1. The maximum atomic E-state index is 13.8. The number of carbonyl (C=O) groups is 1. The second kappa shape index (κ2) is 9.17. The number of halogens is 2. The van der Waals surface area contributed by atoms with Gasteiger partial charge in [-0.3, -0.25) is 4.48 Å². The fourth-order valence-corrected chi connectivity index (χ4v) is 5.93. The van der Waals surface area contributed by atoms with Crippen molar-refractivity contribution in [2.75, 3.05) is 13.1 Å². The minimum Gasteiger partial charge on any atom is -0.410 e. The second-order valence-electron chi connectivity index (χ2n) is 9.90. The van der Waals surface area contributed by atoms with Crippen LogP contribution in [0.25, 0.3) is 0 Å². The standard InChI is InChI=1S/C29H30F2NO3/c1-20(22-5-3-2-4-6-22)32-17-15-21(16-18-32)19-27(32)35-28(33)29(34,23-7-11-25(30)12-8-23)24-9-13-26(31)14-10-24/h2-14,20-21,27,34H,15-19H2,1H3/q+1/t20?,21?,27-,32?/m1/s1. The Morgan fingerprint density at radius 3 is 1.94 bits per heavy atom. The molecule has 1 unspecified atom stereocenters. The lowest BCUT2D eigenvalue weighted by atomic mass is 9.81. The van der Waals surface area contributed by atoms with E-state index >= 15 is 0 Å². The van der Waals surface area contributed by atoms with Gasteiger partial charge in [0.25, 0.3) is 0 Å². The lowest BCUT2D eigenvalue weighted by molar-refractivity contribution is -1.01. The summed E-state index contributed by atoms with van der Waals surface area (Å²) in [6.07, 6.45) is 2.46. The molecule has 3 aliphatic heterocycles. The molecule has 182 valence electrons. The Labute approximate surface area is 204 Å². The molecule has 0 spiro atoms. The summed E-state index contributed by atoms with van der Waals surface area (Å²) in [6, 6.07) is 20.6. The number of hydrogen-bond acceptors (Lipinski definition) is 3. The Hall–Kier alpha value is -3.09. The molecular formula is C29H30F2NO3+. The number of ether oxygens (including phenoxy) is 1. The van der Waals surface area contributed by atoms with Crippen LogP contribution in [0.1, 0.15) is 48.9 Å². The van der Waals surface area contributed by atoms with E-state index in [-0.39, 0.29) is 17.2 Å². The summed E-state index contributed by atoms with van der Waals surface area (Å²) in [6.45, 7) is 3.96. The molecule has 3 heterocycles. The van der Waals surface area contributed by atoms with E-state index in [1.54, 1.807) is 0 Å². The molecule has 2 atom stereocenters. The van der Waals surface area contributed by atoms with Crippen LogP contribution in [-0.4, -0.2) is 34.9 Å². The molecule has 1 N–H and O–H groups in total. The first-order valence-electron chi connectivity index (χ1n) is 12.2. The number of nitrogens with zero attached hydrogens (tertiary/aromatic N) is 1. The second-order valence-corrected chi connectivity index (χ2v) is 9.90. The highest BCUT2D eigenvalue weighted by atomic mass is 19.1. The van der Waals surface area contributed by atoms with Crippen molar-refractivity contribution in [1.82, 2.24) is 0 Å². The van der Waals surface area contributed by atoms with Crippen molar-refractivity contribution in [1.29, 1.82) is 0 Å². The van der Waals surface area contributed by atoms with Gasteiger partial charge in [0.15, 0.2) is 0 Å². The summed E-state index contributed by atoms with van der Waals surface area (Å²) >= 11 is 0. The van der Waals surface area contributed by atoms with Crippen LogP contribution in [0.3, 0.4) is 0 Å². The van der Waals surface area contributed by atoms with Gasteiger partial charge in [-0.25, -0.2) is 13.6 Å². The zero-order chi connectivity index (χ0) is 24.6. The van der Waals surface area contributed by atoms with Crippen LogP contribution < -0.4 is 0 Å². The van der Waals surface area contributed by atoms with Gasteiger partial charge in [0.05, 0.1) is 13.1 Å². The lowest BCUT2D eigenvalue weighted by Gasteiger charge is -2.56. The summed E-state index contributed by atoms with van der Waals surface area (Å²) in [4.78, 5) is 13.8. The van der Waals surface area contributed by atoms with E-state index in [2.05, 4.69) is 19.1 Å². The van der Waals surface area contributed by atoms with Crippen LogP contribution >= 0.6 is 0 Å². The van der Waals surface area contributed by atoms with E-state index in [0.29, 0.717) is 10.4 Å². The van der Waals surface area contributed by atoms with Crippen LogP contribution in [-0.2, 0) is 15.1 Å². The van der Waals surface area contributed by atoms with Crippen LogP contribution in [0, 0.1) is 17.6 Å². The summed E-state index contributed by atoms with van der Waals surface area (Å²) in [5.74, 6) is -1.33. The predicted molar refractivity (Wildman–Crippen MR) is 128 cm³/mol. The average molecular weight is 479 g/mol. The predicted octanol–water partition coefficient (Wildman–Crippen LogP) is 5.46. The SMILES string of the molecule is CC(c1ccccc1)[N+]12CCC(CC1)C[C@H]2OC(=O)C(O)(c1ccc(F)cc1)c1ccc(F)cc1. The molecule has 3 aromatic rings. The van der Waals surface area contributed by atoms with Gasteiger partial charge in [-0.2, -0.15) is 0 Å². The third-order valence-corrected chi connectivity index (χ3v) is 8.13. The van der Waals surface area contributed by atoms with E-state index in [9.17, 15) is 18.7 Å². The van der Waals surface area contributed by atoms with Gasteiger partial charge in [-0.05, 0) is 48.2 Å². The molecule has 3 saturated heterocycles. The number of benzene rings is 3. The van der Waals surface area contributed by atoms with Gasteiger partial charge < -0.3 is 9.84 Å². The number of aliphatic hydroxyl groups is 1. The van der Waals surface area contributed by atoms with E-state index < -0.39 is 29.4 Å². The summed E-state index contributed by atoms with van der Waals surface area (Å²) in [5, 5.41) is 11.8. The highest BCUT2D eigenvalue weighted by Crippen LogP contribution is 2.46. The molecule has 3 fully saturated rings. The van der Waals surface area contributed by atoms with Crippen molar-refractivity contribution < 1.29 is 27.9 Å². The van der Waals surface area contributed by atoms with Crippen LogP contribution in [0.2, 0.25) is 0 Å². The quantitative estimate of drug-likeness (QED) is 0.378. The molecule has 3 aliphatic rings. The number of fused-ring (bicyclic) bond motifs is 3. The molecule has 2 bridgehead atoms. The number of piperidine rings is 3. The van der Waals surface area contributed by atoms with Crippen molar-refractivity contribution in [3.05, 3.63) is 107 Å². The number of esters is 1. The zero-order valence-electron chi connectivity index (χ0n) is 19.7. The monoisotopic (exact) mass is 478 g/mol. The first-order chi connectivity index (χ1) is 16.8. The molecular weight excluding hydrogens is 448 g/mol.